The van der Waals surface area contributed by atoms with Gasteiger partial charge in [0.25, 0.3) is 5.91 Å². The van der Waals surface area contributed by atoms with E-state index in [4.69, 9.17) is 4.74 Å². The molecule has 0 radical (unpaired) electrons. The number of hydrogen-bond acceptors (Lipinski definition) is 5. The van der Waals surface area contributed by atoms with E-state index in [1.54, 1.807) is 43.5 Å². The van der Waals surface area contributed by atoms with Gasteiger partial charge in [0.1, 0.15) is 17.6 Å². The highest BCUT2D eigenvalue weighted by molar-refractivity contribution is 5.97. The summed E-state index contributed by atoms with van der Waals surface area (Å²) in [5.74, 6) is -0.0806. The number of amides is 2. The first kappa shape index (κ1) is 24.5. The molecule has 1 aliphatic rings. The van der Waals surface area contributed by atoms with Gasteiger partial charge >= 0.3 is 0 Å². The molecule has 0 spiro atoms. The molecule has 1 atom stereocenters. The van der Waals surface area contributed by atoms with Crippen LogP contribution < -0.4 is 20.3 Å². The van der Waals surface area contributed by atoms with Crippen LogP contribution in [0.4, 0.5) is 10.1 Å². The standard InChI is InChI=1S/C25H33FN4O3/c1-18(2)23(28-24(31)19-4-10-22(33-3)11-5-19)25(32)27-12-13-29-14-16-30(17-15-29)21-8-6-20(26)7-9-21/h4-11,18,23H,12-17H2,1-3H3,(H,27,32)(H,28,31). The van der Waals surface area contributed by atoms with Crippen molar-refractivity contribution in [3.8, 4) is 5.75 Å². The van der Waals surface area contributed by atoms with Gasteiger partial charge in [-0.3, -0.25) is 14.5 Å². The van der Waals surface area contributed by atoms with Crippen molar-refractivity contribution in [2.45, 2.75) is 19.9 Å². The van der Waals surface area contributed by atoms with Crippen LogP contribution in [0.25, 0.3) is 0 Å². The number of halogens is 1. The van der Waals surface area contributed by atoms with Crippen LogP contribution in [0.15, 0.2) is 48.5 Å². The summed E-state index contributed by atoms with van der Waals surface area (Å²) in [6.45, 7) is 8.51. The number of piperazine rings is 1. The summed E-state index contributed by atoms with van der Waals surface area (Å²) in [4.78, 5) is 29.9. The average molecular weight is 457 g/mol. The minimum Gasteiger partial charge on any atom is -0.497 e. The molecule has 33 heavy (non-hydrogen) atoms. The van der Waals surface area contributed by atoms with E-state index in [0.717, 1.165) is 38.4 Å². The molecule has 1 heterocycles. The first-order chi connectivity index (χ1) is 15.9. The Morgan fingerprint density at radius 1 is 1.00 bits per heavy atom. The molecule has 8 heteroatoms. The number of hydrogen-bond donors (Lipinski definition) is 2. The van der Waals surface area contributed by atoms with Gasteiger partial charge in [-0.1, -0.05) is 13.8 Å². The van der Waals surface area contributed by atoms with Gasteiger partial charge in [0, 0.05) is 50.5 Å². The largest absolute Gasteiger partial charge is 0.497 e. The van der Waals surface area contributed by atoms with Gasteiger partial charge in [-0.2, -0.15) is 0 Å². The second-order valence-electron chi connectivity index (χ2n) is 8.52. The normalized spacial score (nSPS) is 15.2. The predicted molar refractivity (Wildman–Crippen MR) is 127 cm³/mol. The van der Waals surface area contributed by atoms with Gasteiger partial charge in [-0.15, -0.1) is 0 Å². The third-order valence-corrected chi connectivity index (χ3v) is 5.88. The van der Waals surface area contributed by atoms with Crippen LogP contribution in [0.5, 0.6) is 5.75 Å². The fraction of sp³-hybridized carbons (Fsp3) is 0.440. The van der Waals surface area contributed by atoms with Crippen LogP contribution in [-0.2, 0) is 4.79 Å². The molecule has 0 bridgehead atoms. The van der Waals surface area contributed by atoms with Crippen LogP contribution in [0.1, 0.15) is 24.2 Å². The van der Waals surface area contributed by atoms with E-state index in [9.17, 15) is 14.0 Å². The molecule has 3 rings (SSSR count). The highest BCUT2D eigenvalue weighted by Gasteiger charge is 2.25. The summed E-state index contributed by atoms with van der Waals surface area (Å²) in [5, 5.41) is 5.81. The lowest BCUT2D eigenvalue weighted by Gasteiger charge is -2.36. The van der Waals surface area contributed by atoms with Crippen LogP contribution >= 0.6 is 0 Å². The zero-order valence-corrected chi connectivity index (χ0v) is 19.5. The molecule has 1 fully saturated rings. The second-order valence-corrected chi connectivity index (χ2v) is 8.52. The fourth-order valence-corrected chi connectivity index (χ4v) is 3.83. The maximum absolute atomic E-state index is 13.1. The number of methoxy groups -OCH3 is 1. The Balaban J connectivity index is 1.43. The molecule has 2 amide bonds. The lowest BCUT2D eigenvalue weighted by Crippen LogP contribution is -2.52. The van der Waals surface area contributed by atoms with Crippen LogP contribution in [-0.4, -0.2) is 69.1 Å². The number of rotatable bonds is 9. The highest BCUT2D eigenvalue weighted by Crippen LogP contribution is 2.17. The maximum atomic E-state index is 13.1. The monoisotopic (exact) mass is 456 g/mol. The minimum atomic E-state index is -0.616. The number of nitrogens with zero attached hydrogens (tertiary/aromatic N) is 2. The maximum Gasteiger partial charge on any atom is 0.251 e. The Kier molecular flexibility index (Phi) is 8.65. The van der Waals surface area contributed by atoms with E-state index in [0.29, 0.717) is 17.9 Å². The molecule has 7 nitrogen and oxygen atoms in total. The minimum absolute atomic E-state index is 0.0496. The first-order valence-corrected chi connectivity index (χ1v) is 11.3. The first-order valence-electron chi connectivity index (χ1n) is 11.3. The second kappa shape index (κ2) is 11.7. The van der Waals surface area contributed by atoms with Crippen molar-refractivity contribution >= 4 is 17.5 Å². The van der Waals surface area contributed by atoms with Crippen molar-refractivity contribution in [1.82, 2.24) is 15.5 Å². The Hall–Kier alpha value is -3.13. The van der Waals surface area contributed by atoms with Gasteiger partial charge < -0.3 is 20.3 Å². The van der Waals surface area contributed by atoms with E-state index in [1.165, 1.54) is 12.1 Å². The molecule has 178 valence electrons. The summed E-state index contributed by atoms with van der Waals surface area (Å²) in [6, 6.07) is 12.7. The SMILES string of the molecule is COc1ccc(C(=O)NC(C(=O)NCCN2CCN(c3ccc(F)cc3)CC2)C(C)C)cc1. The van der Waals surface area contributed by atoms with Crippen molar-refractivity contribution in [1.29, 1.82) is 0 Å². The number of anilines is 1. The molecular formula is C25H33FN4O3. The van der Waals surface area contributed by atoms with Gasteiger partial charge in [-0.05, 0) is 54.4 Å². The van der Waals surface area contributed by atoms with E-state index in [2.05, 4.69) is 20.4 Å². The molecule has 1 saturated heterocycles. The van der Waals surface area contributed by atoms with Crippen LogP contribution in [0.2, 0.25) is 0 Å². The number of benzene rings is 2. The van der Waals surface area contributed by atoms with Gasteiger partial charge in [-0.25, -0.2) is 4.39 Å². The summed E-state index contributed by atoms with van der Waals surface area (Å²) < 4.78 is 18.2. The third kappa shape index (κ3) is 6.92. The quantitative estimate of drug-likeness (QED) is 0.607. The fourth-order valence-electron chi connectivity index (χ4n) is 3.83. The van der Waals surface area contributed by atoms with E-state index >= 15 is 0 Å². The number of carbonyl (C=O) groups is 2. The summed E-state index contributed by atoms with van der Waals surface area (Å²) >= 11 is 0. The molecule has 2 aromatic carbocycles. The lowest BCUT2D eigenvalue weighted by molar-refractivity contribution is -0.124. The van der Waals surface area contributed by atoms with E-state index in [1.807, 2.05) is 13.8 Å². The van der Waals surface area contributed by atoms with Gasteiger partial charge in [0.2, 0.25) is 5.91 Å². The molecule has 1 aliphatic heterocycles. The van der Waals surface area contributed by atoms with Crippen molar-refractivity contribution < 1.29 is 18.7 Å². The molecule has 2 N–H and O–H groups in total. The van der Waals surface area contributed by atoms with Crippen molar-refractivity contribution in [2.24, 2.45) is 5.92 Å². The molecule has 0 aliphatic carbocycles. The Bertz CT molecular complexity index is 910. The number of carbonyl (C=O) groups excluding carboxylic acids is 2. The van der Waals surface area contributed by atoms with Gasteiger partial charge in [0.05, 0.1) is 7.11 Å². The van der Waals surface area contributed by atoms with Crippen LogP contribution in [0, 0.1) is 11.7 Å². The predicted octanol–water partition coefficient (Wildman–Crippen LogP) is 2.53. The number of nitrogens with one attached hydrogen (secondary N) is 2. The molecule has 1 unspecified atom stereocenters. The average Bonchev–Trinajstić information content (AvgIpc) is 2.83. The third-order valence-electron chi connectivity index (χ3n) is 5.88. The Labute approximate surface area is 194 Å². The van der Waals surface area contributed by atoms with Crippen molar-refractivity contribution in [3.05, 3.63) is 59.9 Å². The molecule has 0 aromatic heterocycles. The molecule has 0 saturated carbocycles. The zero-order chi connectivity index (χ0) is 23.8. The van der Waals surface area contributed by atoms with Crippen LogP contribution in [0.3, 0.4) is 0 Å². The summed E-state index contributed by atoms with van der Waals surface area (Å²) in [6.07, 6.45) is 0. The van der Waals surface area contributed by atoms with Crippen molar-refractivity contribution in [3.63, 3.8) is 0 Å². The number of ether oxygens (including phenoxy) is 1. The van der Waals surface area contributed by atoms with E-state index < -0.39 is 6.04 Å². The smallest absolute Gasteiger partial charge is 0.251 e. The topological polar surface area (TPSA) is 73.9 Å². The Morgan fingerprint density at radius 2 is 1.64 bits per heavy atom. The molecule has 2 aromatic rings. The lowest BCUT2D eigenvalue weighted by atomic mass is 10.0. The van der Waals surface area contributed by atoms with E-state index in [-0.39, 0.29) is 23.5 Å². The summed E-state index contributed by atoms with van der Waals surface area (Å²) in [5.41, 5.74) is 1.50. The summed E-state index contributed by atoms with van der Waals surface area (Å²) in [7, 11) is 1.57. The zero-order valence-electron chi connectivity index (χ0n) is 19.5. The molecular weight excluding hydrogens is 423 g/mol. The van der Waals surface area contributed by atoms with Gasteiger partial charge in [0.15, 0.2) is 0 Å². The highest BCUT2D eigenvalue weighted by atomic mass is 19.1. The Morgan fingerprint density at radius 3 is 2.21 bits per heavy atom. The van der Waals surface area contributed by atoms with Crippen molar-refractivity contribution in [2.75, 3.05) is 51.3 Å².